The summed E-state index contributed by atoms with van der Waals surface area (Å²) < 4.78 is 25.3. The molecular formula is C30H26FN3O4. The maximum atomic E-state index is 13.7. The van der Waals surface area contributed by atoms with Crippen LogP contribution in [-0.4, -0.2) is 18.9 Å². The lowest BCUT2D eigenvalue weighted by atomic mass is 10.0. The number of para-hydroxylation sites is 1. The number of hydrogen-bond acceptors (Lipinski definition) is 5. The number of benzene rings is 4. The number of hydrogen-bond donors (Lipinski definition) is 2. The SMILES string of the molecule is COc1ccc([C@@H]2Nc3ccccc3C(=O)N2c2ccc(F)cc2)cc1COc1ccc(NC(C)=O)cc1. The van der Waals surface area contributed by atoms with Crippen LogP contribution < -0.4 is 25.0 Å². The Balaban J connectivity index is 1.46. The van der Waals surface area contributed by atoms with E-state index in [4.69, 9.17) is 9.47 Å². The second-order valence-electron chi connectivity index (χ2n) is 8.81. The number of amides is 2. The third-order valence-corrected chi connectivity index (χ3v) is 6.22. The van der Waals surface area contributed by atoms with Crippen LogP contribution in [0.15, 0.2) is 91.0 Å². The maximum absolute atomic E-state index is 13.7. The minimum absolute atomic E-state index is 0.146. The van der Waals surface area contributed by atoms with Crippen LogP contribution in [0.1, 0.15) is 34.6 Å². The molecular weight excluding hydrogens is 485 g/mol. The van der Waals surface area contributed by atoms with Gasteiger partial charge in [-0.3, -0.25) is 14.5 Å². The van der Waals surface area contributed by atoms with Gasteiger partial charge in [0.05, 0.1) is 12.7 Å². The molecule has 0 unspecified atom stereocenters. The van der Waals surface area contributed by atoms with Gasteiger partial charge >= 0.3 is 0 Å². The molecule has 0 saturated heterocycles. The van der Waals surface area contributed by atoms with Gasteiger partial charge < -0.3 is 20.1 Å². The molecule has 1 atom stereocenters. The molecule has 0 bridgehead atoms. The van der Waals surface area contributed by atoms with Gasteiger partial charge in [0.2, 0.25) is 5.91 Å². The number of carbonyl (C=O) groups excluding carboxylic acids is 2. The van der Waals surface area contributed by atoms with Crippen LogP contribution in [0, 0.1) is 5.82 Å². The number of anilines is 3. The fraction of sp³-hybridized carbons (Fsp3) is 0.133. The number of nitrogens with one attached hydrogen (secondary N) is 2. The van der Waals surface area contributed by atoms with Crippen molar-refractivity contribution in [3.63, 3.8) is 0 Å². The summed E-state index contributed by atoms with van der Waals surface area (Å²) in [4.78, 5) is 26.5. The Hall–Kier alpha value is -4.85. The number of rotatable bonds is 7. The van der Waals surface area contributed by atoms with Crippen LogP contribution in [0.5, 0.6) is 11.5 Å². The number of ether oxygens (including phenoxy) is 2. The third-order valence-electron chi connectivity index (χ3n) is 6.22. The second kappa shape index (κ2) is 10.6. The molecule has 1 aliphatic rings. The third kappa shape index (κ3) is 5.15. The lowest BCUT2D eigenvalue weighted by molar-refractivity contribution is -0.114. The molecule has 2 N–H and O–H groups in total. The van der Waals surface area contributed by atoms with Gasteiger partial charge in [-0.15, -0.1) is 0 Å². The smallest absolute Gasteiger partial charge is 0.262 e. The summed E-state index contributed by atoms with van der Waals surface area (Å²) in [5.74, 6) is 0.548. The zero-order valence-corrected chi connectivity index (χ0v) is 20.9. The van der Waals surface area contributed by atoms with Crippen LogP contribution in [0.3, 0.4) is 0 Å². The van der Waals surface area contributed by atoms with Gasteiger partial charge in [-0.05, 0) is 78.4 Å². The summed E-state index contributed by atoms with van der Waals surface area (Å²) in [6.45, 7) is 1.67. The quantitative estimate of drug-likeness (QED) is 0.311. The zero-order chi connectivity index (χ0) is 26.6. The first-order valence-corrected chi connectivity index (χ1v) is 12.0. The van der Waals surface area contributed by atoms with Gasteiger partial charge in [0.1, 0.15) is 30.1 Å². The summed E-state index contributed by atoms with van der Waals surface area (Å²) in [6, 6.07) is 25.9. The number of halogens is 1. The lowest BCUT2D eigenvalue weighted by Crippen LogP contribution is -2.43. The van der Waals surface area contributed by atoms with E-state index in [1.54, 1.807) is 54.5 Å². The van der Waals surface area contributed by atoms with Crippen LogP contribution in [0.25, 0.3) is 0 Å². The minimum Gasteiger partial charge on any atom is -0.496 e. The van der Waals surface area contributed by atoms with Crippen molar-refractivity contribution >= 4 is 28.9 Å². The summed E-state index contributed by atoms with van der Waals surface area (Å²) in [5, 5.41) is 6.19. The molecule has 8 heteroatoms. The average Bonchev–Trinajstić information content (AvgIpc) is 2.93. The van der Waals surface area contributed by atoms with Crippen LogP contribution in [0.2, 0.25) is 0 Å². The molecule has 0 spiro atoms. The molecule has 7 nitrogen and oxygen atoms in total. The lowest BCUT2D eigenvalue weighted by Gasteiger charge is -2.38. The number of nitrogens with zero attached hydrogens (tertiary/aromatic N) is 1. The standard InChI is InChI=1S/C30H26FN3O4/c1-19(35)32-23-10-14-25(15-11-23)38-18-21-17-20(7-16-28(21)37-2)29-33-27-6-4-3-5-26(27)30(36)34(29)24-12-8-22(31)9-13-24/h3-17,29,33H,18H2,1-2H3,(H,32,35)/t29-/m1/s1. The van der Waals surface area contributed by atoms with Crippen LogP contribution in [-0.2, 0) is 11.4 Å². The number of fused-ring (bicyclic) bond motifs is 1. The first-order valence-electron chi connectivity index (χ1n) is 12.0. The summed E-state index contributed by atoms with van der Waals surface area (Å²) in [5.41, 5.74) is 4.08. The van der Waals surface area contributed by atoms with E-state index in [-0.39, 0.29) is 24.2 Å². The maximum Gasteiger partial charge on any atom is 0.262 e. The van der Waals surface area contributed by atoms with E-state index < -0.39 is 6.17 Å². The van der Waals surface area contributed by atoms with Gasteiger partial charge in [-0.1, -0.05) is 18.2 Å². The van der Waals surface area contributed by atoms with Crippen molar-refractivity contribution in [1.82, 2.24) is 0 Å². The Labute approximate surface area is 219 Å². The molecule has 1 aliphatic heterocycles. The zero-order valence-electron chi connectivity index (χ0n) is 20.9. The van der Waals surface area contributed by atoms with Crippen molar-refractivity contribution in [2.45, 2.75) is 19.7 Å². The highest BCUT2D eigenvalue weighted by molar-refractivity contribution is 6.12. The van der Waals surface area contributed by atoms with E-state index in [0.29, 0.717) is 34.1 Å². The van der Waals surface area contributed by atoms with Crippen molar-refractivity contribution in [3.8, 4) is 11.5 Å². The van der Waals surface area contributed by atoms with E-state index in [9.17, 15) is 14.0 Å². The average molecular weight is 512 g/mol. The van der Waals surface area contributed by atoms with E-state index in [1.165, 1.54) is 19.1 Å². The molecule has 0 radical (unpaired) electrons. The van der Waals surface area contributed by atoms with Crippen molar-refractivity contribution < 1.29 is 23.5 Å². The molecule has 0 saturated carbocycles. The van der Waals surface area contributed by atoms with Crippen LogP contribution >= 0.6 is 0 Å². The Bertz CT molecular complexity index is 1470. The van der Waals surface area contributed by atoms with E-state index in [2.05, 4.69) is 10.6 Å². The fourth-order valence-electron chi connectivity index (χ4n) is 4.43. The topological polar surface area (TPSA) is 79.9 Å². The predicted molar refractivity (Wildman–Crippen MR) is 144 cm³/mol. The Morgan fingerprint density at radius 2 is 1.74 bits per heavy atom. The fourth-order valence-corrected chi connectivity index (χ4v) is 4.43. The highest BCUT2D eigenvalue weighted by Gasteiger charge is 2.34. The molecule has 192 valence electrons. The molecule has 0 aromatic heterocycles. The first-order chi connectivity index (χ1) is 18.4. The molecule has 4 aromatic rings. The van der Waals surface area contributed by atoms with Crippen molar-refractivity contribution in [1.29, 1.82) is 0 Å². The molecule has 2 amide bonds. The molecule has 4 aromatic carbocycles. The highest BCUT2D eigenvalue weighted by Crippen LogP contribution is 2.38. The van der Waals surface area contributed by atoms with Crippen LogP contribution in [0.4, 0.5) is 21.5 Å². The van der Waals surface area contributed by atoms with Gasteiger partial charge in [0.15, 0.2) is 0 Å². The summed E-state index contributed by atoms with van der Waals surface area (Å²) >= 11 is 0. The van der Waals surface area contributed by atoms with Crippen molar-refractivity contribution in [2.75, 3.05) is 22.6 Å². The van der Waals surface area contributed by atoms with Gasteiger partial charge in [-0.25, -0.2) is 4.39 Å². The van der Waals surface area contributed by atoms with Gasteiger partial charge in [0.25, 0.3) is 5.91 Å². The molecule has 38 heavy (non-hydrogen) atoms. The normalized spacial score (nSPS) is 14.3. The van der Waals surface area contributed by atoms with Crippen molar-refractivity contribution in [2.24, 2.45) is 0 Å². The largest absolute Gasteiger partial charge is 0.496 e. The number of carbonyl (C=O) groups is 2. The van der Waals surface area contributed by atoms with E-state index >= 15 is 0 Å². The number of methoxy groups -OCH3 is 1. The summed E-state index contributed by atoms with van der Waals surface area (Å²) in [6.07, 6.45) is -0.551. The summed E-state index contributed by atoms with van der Waals surface area (Å²) in [7, 11) is 1.59. The van der Waals surface area contributed by atoms with E-state index in [1.807, 2.05) is 36.4 Å². The molecule has 0 fully saturated rings. The molecule has 1 heterocycles. The molecule has 0 aliphatic carbocycles. The van der Waals surface area contributed by atoms with E-state index in [0.717, 1.165) is 11.1 Å². The molecule has 5 rings (SSSR count). The Morgan fingerprint density at radius 3 is 2.45 bits per heavy atom. The van der Waals surface area contributed by atoms with Crippen molar-refractivity contribution in [3.05, 3.63) is 114 Å². The minimum atomic E-state index is -0.551. The Kier molecular flexibility index (Phi) is 6.95. The first kappa shape index (κ1) is 24.8. The van der Waals surface area contributed by atoms with Gasteiger partial charge in [-0.2, -0.15) is 0 Å². The Morgan fingerprint density at radius 1 is 1.00 bits per heavy atom. The monoisotopic (exact) mass is 511 g/mol. The highest BCUT2D eigenvalue weighted by atomic mass is 19.1. The second-order valence-corrected chi connectivity index (χ2v) is 8.81. The van der Waals surface area contributed by atoms with Gasteiger partial charge in [0, 0.05) is 29.5 Å². The predicted octanol–water partition coefficient (Wildman–Crippen LogP) is 6.14.